The maximum Gasteiger partial charge on any atom is 0.252 e. The summed E-state index contributed by atoms with van der Waals surface area (Å²) in [5.41, 5.74) is 1.76. The highest BCUT2D eigenvalue weighted by Gasteiger charge is 2.03. The summed E-state index contributed by atoms with van der Waals surface area (Å²) in [6.07, 6.45) is 1.43. The molecule has 0 aliphatic carbocycles. The van der Waals surface area contributed by atoms with Crippen LogP contribution in [0.4, 0.5) is 0 Å². The lowest BCUT2D eigenvalue weighted by Crippen LogP contribution is -1.92. The first-order valence-corrected chi connectivity index (χ1v) is 6.73. The molecule has 2 aromatic carbocycles. The lowest BCUT2D eigenvalue weighted by Gasteiger charge is -1.94. The first-order chi connectivity index (χ1) is 10.5. The average Bonchev–Trinajstić information content (AvgIpc) is 2.55. The minimum absolute atomic E-state index is 0.346. The average molecular weight is 337 g/mol. The van der Waals surface area contributed by atoms with E-state index in [1.54, 1.807) is 24.3 Å². The summed E-state index contributed by atoms with van der Waals surface area (Å²) in [5.74, 6) is 0. The molecule has 0 heterocycles. The molecular formula is C16H10Cl2O4. The van der Waals surface area contributed by atoms with E-state index in [0.717, 1.165) is 0 Å². The van der Waals surface area contributed by atoms with E-state index < -0.39 is 10.5 Å². The standard InChI is InChI=1S/C8H4Cl2O2.C8H6O2/c9-7(11)5-1-2-6(4-3-5)8(10)12;9-5-7-2-1-3-8(4-7)6-10/h1-4H;1-6H. The summed E-state index contributed by atoms with van der Waals surface area (Å²) in [4.78, 5) is 41.5. The van der Waals surface area contributed by atoms with Crippen molar-refractivity contribution in [1.29, 1.82) is 0 Å². The molecule has 0 bridgehead atoms. The maximum absolute atomic E-state index is 10.6. The van der Waals surface area contributed by atoms with Crippen molar-refractivity contribution in [3.05, 3.63) is 70.8 Å². The third-order valence-corrected chi connectivity index (χ3v) is 2.96. The largest absolute Gasteiger partial charge is 0.298 e. The van der Waals surface area contributed by atoms with Gasteiger partial charge in [-0.3, -0.25) is 19.2 Å². The summed E-state index contributed by atoms with van der Waals surface area (Å²) in [5, 5.41) is -1.10. The second-order valence-corrected chi connectivity index (χ2v) is 4.72. The third kappa shape index (κ3) is 5.60. The predicted molar refractivity (Wildman–Crippen MR) is 84.0 cm³/mol. The summed E-state index contributed by atoms with van der Waals surface area (Å²) in [7, 11) is 0. The Morgan fingerprint density at radius 1 is 0.727 bits per heavy atom. The van der Waals surface area contributed by atoms with E-state index in [-0.39, 0.29) is 0 Å². The van der Waals surface area contributed by atoms with E-state index >= 15 is 0 Å². The molecule has 0 N–H and O–H groups in total. The number of carbonyl (C=O) groups excluding carboxylic acids is 4. The van der Waals surface area contributed by atoms with Gasteiger partial charge in [0, 0.05) is 22.3 Å². The molecule has 112 valence electrons. The minimum Gasteiger partial charge on any atom is -0.298 e. The fraction of sp³-hybridized carbons (Fsp3) is 0. The van der Waals surface area contributed by atoms with Crippen LogP contribution >= 0.6 is 23.2 Å². The highest BCUT2D eigenvalue weighted by molar-refractivity contribution is 6.68. The number of hydrogen-bond acceptors (Lipinski definition) is 4. The number of halogens is 2. The zero-order valence-corrected chi connectivity index (χ0v) is 12.7. The van der Waals surface area contributed by atoms with Gasteiger partial charge in [-0.05, 0) is 53.5 Å². The highest BCUT2D eigenvalue weighted by Crippen LogP contribution is 2.08. The Bertz CT molecular complexity index is 637. The molecular weight excluding hydrogens is 327 g/mol. The van der Waals surface area contributed by atoms with Crippen molar-refractivity contribution >= 4 is 46.3 Å². The van der Waals surface area contributed by atoms with Gasteiger partial charge >= 0.3 is 0 Å². The van der Waals surface area contributed by atoms with Gasteiger partial charge in [0.1, 0.15) is 12.6 Å². The highest BCUT2D eigenvalue weighted by atomic mass is 35.5. The van der Waals surface area contributed by atoms with Crippen LogP contribution in [0.5, 0.6) is 0 Å². The molecule has 0 aliphatic rings. The Morgan fingerprint density at radius 3 is 1.36 bits per heavy atom. The number of hydrogen-bond donors (Lipinski definition) is 0. The molecule has 22 heavy (non-hydrogen) atoms. The lowest BCUT2D eigenvalue weighted by molar-refractivity contribution is 0.107. The second kappa shape index (κ2) is 8.87. The van der Waals surface area contributed by atoms with Crippen LogP contribution in [0.1, 0.15) is 41.4 Å². The summed E-state index contributed by atoms with van der Waals surface area (Å²) in [6.45, 7) is 0. The van der Waals surface area contributed by atoms with Crippen LogP contribution in [-0.2, 0) is 0 Å². The van der Waals surface area contributed by atoms with Crippen LogP contribution in [-0.4, -0.2) is 23.1 Å². The van der Waals surface area contributed by atoms with Gasteiger partial charge in [0.05, 0.1) is 0 Å². The fourth-order valence-corrected chi connectivity index (χ4v) is 1.69. The van der Waals surface area contributed by atoms with Gasteiger partial charge in [0.25, 0.3) is 10.5 Å². The van der Waals surface area contributed by atoms with Crippen molar-refractivity contribution in [2.24, 2.45) is 0 Å². The van der Waals surface area contributed by atoms with Crippen LogP contribution in [0.15, 0.2) is 48.5 Å². The zero-order chi connectivity index (χ0) is 16.5. The molecule has 2 rings (SSSR count). The van der Waals surface area contributed by atoms with E-state index in [9.17, 15) is 19.2 Å². The number of rotatable bonds is 4. The zero-order valence-electron chi connectivity index (χ0n) is 11.2. The smallest absolute Gasteiger partial charge is 0.252 e. The Balaban J connectivity index is 0.000000224. The number of carbonyl (C=O) groups is 4. The minimum atomic E-state index is -0.552. The van der Waals surface area contributed by atoms with Gasteiger partial charge in [-0.25, -0.2) is 0 Å². The molecule has 4 nitrogen and oxygen atoms in total. The molecule has 0 fully saturated rings. The summed E-state index contributed by atoms with van der Waals surface area (Å²) >= 11 is 10.4. The van der Waals surface area contributed by atoms with Crippen LogP contribution < -0.4 is 0 Å². The molecule has 0 saturated heterocycles. The van der Waals surface area contributed by atoms with E-state index in [1.165, 1.54) is 24.3 Å². The molecule has 2 aromatic rings. The van der Waals surface area contributed by atoms with Crippen molar-refractivity contribution in [2.45, 2.75) is 0 Å². The number of aldehydes is 2. The van der Waals surface area contributed by atoms with Crippen LogP contribution in [0.2, 0.25) is 0 Å². The SMILES string of the molecule is O=C(Cl)c1ccc(C(=O)Cl)cc1.O=Cc1cccc(C=O)c1. The molecule has 0 saturated carbocycles. The van der Waals surface area contributed by atoms with Crippen molar-refractivity contribution in [3.8, 4) is 0 Å². The van der Waals surface area contributed by atoms with Gasteiger partial charge in [0.15, 0.2) is 0 Å². The van der Waals surface area contributed by atoms with E-state index in [2.05, 4.69) is 0 Å². The molecule has 0 aliphatic heterocycles. The Kier molecular flexibility index (Phi) is 7.16. The van der Waals surface area contributed by atoms with E-state index in [1.807, 2.05) is 0 Å². The Hall–Kier alpha value is -2.30. The van der Waals surface area contributed by atoms with Crippen molar-refractivity contribution in [2.75, 3.05) is 0 Å². The van der Waals surface area contributed by atoms with Gasteiger partial charge in [-0.15, -0.1) is 0 Å². The fourth-order valence-electron chi connectivity index (χ4n) is 1.44. The predicted octanol–water partition coefficient (Wildman–Crippen LogP) is 3.76. The third-order valence-electron chi connectivity index (χ3n) is 2.52. The van der Waals surface area contributed by atoms with Crippen molar-refractivity contribution in [1.82, 2.24) is 0 Å². The first kappa shape index (κ1) is 17.8. The molecule has 0 unspecified atom stereocenters. The monoisotopic (exact) mass is 336 g/mol. The number of benzene rings is 2. The normalized spacial score (nSPS) is 9.18. The lowest BCUT2D eigenvalue weighted by atomic mass is 10.2. The van der Waals surface area contributed by atoms with Crippen LogP contribution in [0.3, 0.4) is 0 Å². The van der Waals surface area contributed by atoms with E-state index in [4.69, 9.17) is 23.2 Å². The Morgan fingerprint density at radius 2 is 1.09 bits per heavy atom. The second-order valence-electron chi connectivity index (χ2n) is 4.03. The molecule has 0 radical (unpaired) electrons. The van der Waals surface area contributed by atoms with Gasteiger partial charge in [-0.1, -0.05) is 18.2 Å². The summed E-state index contributed by atoms with van der Waals surface area (Å²) in [6, 6.07) is 12.3. The van der Waals surface area contributed by atoms with Crippen LogP contribution in [0, 0.1) is 0 Å². The molecule has 0 amide bonds. The van der Waals surface area contributed by atoms with Gasteiger partial charge in [0.2, 0.25) is 0 Å². The molecule has 0 atom stereocenters. The quantitative estimate of drug-likeness (QED) is 0.629. The van der Waals surface area contributed by atoms with Crippen molar-refractivity contribution < 1.29 is 19.2 Å². The molecule has 6 heteroatoms. The van der Waals surface area contributed by atoms with Gasteiger partial charge < -0.3 is 0 Å². The van der Waals surface area contributed by atoms with E-state index in [0.29, 0.717) is 34.8 Å². The first-order valence-electron chi connectivity index (χ1n) is 5.98. The topological polar surface area (TPSA) is 68.3 Å². The van der Waals surface area contributed by atoms with Crippen molar-refractivity contribution in [3.63, 3.8) is 0 Å². The molecule has 0 spiro atoms. The maximum atomic E-state index is 10.6. The van der Waals surface area contributed by atoms with Crippen LogP contribution in [0.25, 0.3) is 0 Å². The summed E-state index contributed by atoms with van der Waals surface area (Å²) < 4.78 is 0. The Labute approximate surface area is 136 Å². The molecule has 0 aromatic heterocycles. The van der Waals surface area contributed by atoms with Gasteiger partial charge in [-0.2, -0.15) is 0 Å².